The number of methoxy groups -OCH3 is 2. The van der Waals surface area contributed by atoms with Crippen LogP contribution in [-0.4, -0.2) is 120 Å². The van der Waals surface area contributed by atoms with E-state index in [2.05, 4.69) is 74.0 Å². The second-order valence-corrected chi connectivity index (χ2v) is 37.8. The number of rotatable bonds is 17. The fourth-order valence-corrected chi connectivity index (χ4v) is 25.3. The summed E-state index contributed by atoms with van der Waals surface area (Å²) in [7, 11) is 2.79. The van der Waals surface area contributed by atoms with Crippen LogP contribution in [0.25, 0.3) is 0 Å². The molecule has 3 heterocycles. The van der Waals surface area contributed by atoms with Gasteiger partial charge in [0.05, 0.1) is 76.8 Å². The molecule has 27 atom stereocenters. The topological polar surface area (TPSA) is 246 Å². The molecule has 0 aromatic heterocycles. The van der Waals surface area contributed by atoms with Gasteiger partial charge in [0.15, 0.2) is 11.7 Å². The van der Waals surface area contributed by atoms with Crippen LogP contribution in [0.1, 0.15) is 265 Å². The number of cyclic esters (lactones) is 4. The monoisotopic (exact) mass is 1490 g/mol. The molecule has 0 aromatic rings. The summed E-state index contributed by atoms with van der Waals surface area (Å²) in [5.41, 5.74) is -0.812. The van der Waals surface area contributed by atoms with Gasteiger partial charge in [0.2, 0.25) is 0 Å². The first-order valence-corrected chi connectivity index (χ1v) is 42.1. The summed E-state index contributed by atoms with van der Waals surface area (Å²) >= 11 is 0. The predicted octanol–water partition coefficient (Wildman–Crippen LogP) is 16.5. The minimum atomic E-state index is -1.24. The Balaban J connectivity index is 0.000000153. The van der Waals surface area contributed by atoms with Gasteiger partial charge in [-0.3, -0.25) is 33.6 Å². The van der Waals surface area contributed by atoms with Gasteiger partial charge in [0.25, 0.3) is 0 Å². The summed E-state index contributed by atoms with van der Waals surface area (Å²) in [6.07, 6.45) is 27.1. The second-order valence-electron chi connectivity index (χ2n) is 37.8. The zero-order valence-corrected chi connectivity index (χ0v) is 68.7. The minimum absolute atomic E-state index is 0.00443. The lowest BCUT2D eigenvalue weighted by atomic mass is 9.54. The molecule has 15 aliphatic rings. The van der Waals surface area contributed by atoms with E-state index in [0.717, 1.165) is 123 Å². The summed E-state index contributed by atoms with van der Waals surface area (Å²) in [5.74, 6) is 11.8. The Morgan fingerprint density at radius 3 is 1.48 bits per heavy atom. The van der Waals surface area contributed by atoms with Crippen LogP contribution in [0.3, 0.4) is 0 Å². The summed E-state index contributed by atoms with van der Waals surface area (Å²) in [5, 5.41) is 0. The van der Waals surface area contributed by atoms with Crippen LogP contribution >= 0.6 is 0 Å². The molecule has 10 bridgehead atoms. The maximum Gasteiger partial charge on any atom is 0.373 e. The lowest BCUT2D eigenvalue weighted by Crippen LogP contribution is -2.58. The SMILES string of the molecule is CC1C(=O)OC(=O)C1C.CC1C2CC(C1C)C1(COC(=O)C1)C2.CC1C2CC(C1C)C1(COC(=O)C1)C2.CCC(C)(C)C(=O)OC1(C)CCCCC1.CCCC1(COC(C)OCC)CC2CC1C(C)C2C.COC(=O)C1(C(=O)OC)C(COCOC2CCCCC2)C2CC1C1C3CC(C(C)C3C)C21.O=C=O. The summed E-state index contributed by atoms with van der Waals surface area (Å²) in [4.78, 5) is 98.5. The maximum absolute atomic E-state index is 13.3. The first-order chi connectivity index (χ1) is 50.2. The average molecular weight is 1490 g/mol. The highest BCUT2D eigenvalue weighted by Crippen LogP contribution is 2.76. The fourth-order valence-electron chi connectivity index (χ4n) is 25.3. The molecule has 602 valence electrons. The predicted molar refractivity (Wildman–Crippen MR) is 397 cm³/mol. The van der Waals surface area contributed by atoms with Gasteiger partial charge in [0.1, 0.15) is 12.4 Å². The molecular weight excluding hydrogens is 1350 g/mol. The Bertz CT molecular complexity index is 2940. The van der Waals surface area contributed by atoms with E-state index in [1.807, 2.05) is 34.6 Å². The number of hydrogen-bond acceptors (Lipinski definition) is 19. The zero-order valence-electron chi connectivity index (χ0n) is 68.7. The van der Waals surface area contributed by atoms with E-state index >= 15 is 0 Å². The molecule has 27 unspecified atom stereocenters. The standard InChI is InChI=1S/C26H40O6.C17H32O2.C13H24O2.2C12H18O2.C6H8O3.CO2/c1-14-15(2)18-10-17(14)22-19-11-20(23(18)22)26(24(27)29-3,25(28)30-4)21(19)12-31-13-32-16-8-6-5-7-9-16;1-6-8-17(11-19-14(5)18-7-2)10-15-9-16(17)13(4)12(15)3;1-5-12(2,3)11(14)15-13(4)9-7-6-8-10-13;2*1-7-8(2)10-3-9(7)4-12(10)5-11(13)14-6-12;1-3-4(2)6(8)9-5(3)7;2-1-3/h14-23H,5-13H2,1-4H3;12-16H,6-11H2,1-5H3;5-10H2,1-4H3;2*7-10H,3-6H2,1-2H3;3-4H,1-2H3;. The third-order valence-electron chi connectivity index (χ3n) is 32.4. The van der Waals surface area contributed by atoms with Gasteiger partial charge in [-0.25, -0.2) is 0 Å². The van der Waals surface area contributed by atoms with Crippen LogP contribution in [0.2, 0.25) is 0 Å². The maximum atomic E-state index is 13.3. The molecule has 19 heteroatoms. The molecule has 0 aromatic carbocycles. The molecule has 106 heavy (non-hydrogen) atoms. The fraction of sp³-hybridized carbons (Fsp3) is 0.908. The van der Waals surface area contributed by atoms with Crippen molar-refractivity contribution in [3.63, 3.8) is 0 Å². The normalized spacial score (nSPS) is 41.7. The Morgan fingerprint density at radius 2 is 1.07 bits per heavy atom. The Hall–Kier alpha value is -4.29. The molecule has 2 spiro atoms. The first kappa shape index (κ1) is 85.7. The van der Waals surface area contributed by atoms with Crippen molar-refractivity contribution in [2.24, 2.45) is 163 Å². The van der Waals surface area contributed by atoms with Gasteiger partial charge in [-0.15, -0.1) is 0 Å². The van der Waals surface area contributed by atoms with Crippen LogP contribution in [0, 0.1) is 163 Å². The molecule has 19 nitrogen and oxygen atoms in total. The zero-order chi connectivity index (χ0) is 77.8. The molecule has 12 saturated carbocycles. The highest BCUT2D eigenvalue weighted by atomic mass is 16.7. The molecule has 15 rings (SSSR count). The van der Waals surface area contributed by atoms with Crippen molar-refractivity contribution in [1.29, 1.82) is 0 Å². The number of hydrogen-bond donors (Lipinski definition) is 0. The lowest BCUT2D eigenvalue weighted by molar-refractivity contribution is -0.193. The van der Waals surface area contributed by atoms with Gasteiger partial charge >= 0.3 is 47.9 Å². The van der Waals surface area contributed by atoms with Crippen LogP contribution < -0.4 is 0 Å². The van der Waals surface area contributed by atoms with Crippen molar-refractivity contribution >= 4 is 47.9 Å². The van der Waals surface area contributed by atoms with Crippen molar-refractivity contribution < 1.29 is 90.5 Å². The Labute approximate surface area is 636 Å². The molecule has 15 fully saturated rings. The van der Waals surface area contributed by atoms with Crippen molar-refractivity contribution in [1.82, 2.24) is 0 Å². The molecule has 3 aliphatic heterocycles. The number of ether oxygens (including phenoxy) is 10. The van der Waals surface area contributed by atoms with E-state index in [0.29, 0.717) is 79.5 Å². The molecule has 0 radical (unpaired) electrons. The molecule has 12 aliphatic carbocycles. The van der Waals surface area contributed by atoms with Crippen LogP contribution in [0.5, 0.6) is 0 Å². The molecule has 0 amide bonds. The van der Waals surface area contributed by atoms with E-state index in [-0.39, 0.29) is 88.8 Å². The smallest absolute Gasteiger partial charge is 0.373 e. The van der Waals surface area contributed by atoms with Crippen LogP contribution in [-0.2, 0) is 90.5 Å². The highest BCUT2D eigenvalue weighted by Gasteiger charge is 2.78. The molecule has 0 N–H and O–H groups in total. The van der Waals surface area contributed by atoms with Crippen molar-refractivity contribution in [3.8, 4) is 0 Å². The van der Waals surface area contributed by atoms with Crippen LogP contribution in [0.4, 0.5) is 0 Å². The Kier molecular flexibility index (Phi) is 28.8. The third-order valence-corrected chi connectivity index (χ3v) is 32.4. The van der Waals surface area contributed by atoms with E-state index in [4.69, 9.17) is 52.2 Å². The average Bonchev–Trinajstić information content (AvgIpc) is 1.50. The van der Waals surface area contributed by atoms with Gasteiger partial charge in [-0.1, -0.05) is 115 Å². The van der Waals surface area contributed by atoms with E-state index in [9.17, 15) is 33.6 Å². The number of carbonyl (C=O) groups excluding carboxylic acids is 9. The summed E-state index contributed by atoms with van der Waals surface area (Å²) < 4.78 is 54.6. The minimum Gasteiger partial charge on any atom is -0.468 e. The Morgan fingerprint density at radius 1 is 0.585 bits per heavy atom. The van der Waals surface area contributed by atoms with Gasteiger partial charge in [-0.2, -0.15) is 9.59 Å². The summed E-state index contributed by atoms with van der Waals surface area (Å²) in [6.45, 7) is 40.6. The van der Waals surface area contributed by atoms with Gasteiger partial charge < -0.3 is 47.4 Å². The number of carbonyl (C=O) groups is 7. The van der Waals surface area contributed by atoms with Crippen molar-refractivity contribution in [3.05, 3.63) is 0 Å². The quantitative estimate of drug-likeness (QED) is 0.0328. The third kappa shape index (κ3) is 17.0. The van der Waals surface area contributed by atoms with Gasteiger partial charge in [-0.05, 0) is 261 Å². The van der Waals surface area contributed by atoms with E-state index in [1.54, 1.807) is 13.8 Å². The van der Waals surface area contributed by atoms with Crippen molar-refractivity contribution in [2.75, 3.05) is 54.0 Å². The van der Waals surface area contributed by atoms with E-state index in [1.165, 1.54) is 111 Å². The molecule has 3 saturated heterocycles. The molecular formula is C87H140O19. The van der Waals surface area contributed by atoms with E-state index < -0.39 is 29.3 Å². The van der Waals surface area contributed by atoms with Crippen molar-refractivity contribution in [2.45, 2.75) is 283 Å². The number of fused-ring (bicyclic) bond motifs is 17. The van der Waals surface area contributed by atoms with Gasteiger partial charge in [0, 0.05) is 23.4 Å². The first-order valence-electron chi connectivity index (χ1n) is 42.1. The summed E-state index contributed by atoms with van der Waals surface area (Å²) in [6, 6.07) is 0. The number of esters is 7. The largest absolute Gasteiger partial charge is 0.468 e. The lowest BCUT2D eigenvalue weighted by Gasteiger charge is -2.49. The second kappa shape index (κ2) is 35.6. The highest BCUT2D eigenvalue weighted by molar-refractivity contribution is 6.01. The van der Waals surface area contributed by atoms with Crippen LogP contribution in [0.15, 0.2) is 0 Å².